The second kappa shape index (κ2) is 7.81. The topological polar surface area (TPSA) is 92.5 Å². The molecule has 0 aliphatic heterocycles. The number of carbonyl (C=O) groups excluding carboxylic acids is 1. The number of benzene rings is 1. The Labute approximate surface area is 121 Å². The van der Waals surface area contributed by atoms with Crippen molar-refractivity contribution < 1.29 is 14.8 Å². The highest BCUT2D eigenvalue weighted by molar-refractivity contribution is 6.31. The van der Waals surface area contributed by atoms with E-state index in [1.165, 1.54) is 18.2 Å². The number of hydrogen-bond acceptors (Lipinski definition) is 4. The highest BCUT2D eigenvalue weighted by Gasteiger charge is 2.15. The minimum absolute atomic E-state index is 0.0665. The van der Waals surface area contributed by atoms with E-state index in [1.54, 1.807) is 0 Å². The molecule has 0 radical (unpaired) electrons. The van der Waals surface area contributed by atoms with Crippen LogP contribution < -0.4 is 5.32 Å². The fourth-order valence-electron chi connectivity index (χ4n) is 1.78. The molecule has 1 rings (SSSR count). The standard InChI is InChI=1S/C13H17ClN2O4/c1-2-9(3-4-17)8-15-13(18)10-5-11(14)7-12(6-10)16(19)20/h5-7,9,17H,2-4,8H2,1H3,(H,15,18). The van der Waals surface area contributed by atoms with Gasteiger partial charge in [0.25, 0.3) is 11.6 Å². The zero-order valence-electron chi connectivity index (χ0n) is 11.1. The van der Waals surface area contributed by atoms with E-state index in [1.807, 2.05) is 6.92 Å². The van der Waals surface area contributed by atoms with Gasteiger partial charge in [0, 0.05) is 35.9 Å². The van der Waals surface area contributed by atoms with E-state index in [-0.39, 0.29) is 28.8 Å². The first kappa shape index (κ1) is 16.4. The monoisotopic (exact) mass is 300 g/mol. The first-order chi connectivity index (χ1) is 9.47. The molecule has 1 aromatic rings. The lowest BCUT2D eigenvalue weighted by Crippen LogP contribution is -2.29. The highest BCUT2D eigenvalue weighted by atomic mass is 35.5. The molecule has 0 saturated heterocycles. The number of amides is 1. The molecule has 0 saturated carbocycles. The molecule has 1 aromatic carbocycles. The first-order valence-electron chi connectivity index (χ1n) is 6.32. The molecule has 1 unspecified atom stereocenters. The van der Waals surface area contributed by atoms with Crippen molar-refractivity contribution in [1.82, 2.24) is 5.32 Å². The van der Waals surface area contributed by atoms with E-state index >= 15 is 0 Å². The van der Waals surface area contributed by atoms with Crippen LogP contribution in [-0.2, 0) is 0 Å². The fourth-order valence-corrected chi connectivity index (χ4v) is 2.01. The molecule has 6 nitrogen and oxygen atoms in total. The van der Waals surface area contributed by atoms with Gasteiger partial charge in [-0.05, 0) is 18.4 Å². The molecule has 0 heterocycles. The average Bonchev–Trinajstić information content (AvgIpc) is 2.42. The summed E-state index contributed by atoms with van der Waals surface area (Å²) in [6.45, 7) is 2.45. The third kappa shape index (κ3) is 4.79. The van der Waals surface area contributed by atoms with Crippen LogP contribution in [-0.4, -0.2) is 29.1 Å². The van der Waals surface area contributed by atoms with Crippen molar-refractivity contribution in [2.75, 3.05) is 13.2 Å². The minimum Gasteiger partial charge on any atom is -0.396 e. The number of hydrogen-bond donors (Lipinski definition) is 2. The van der Waals surface area contributed by atoms with E-state index in [0.29, 0.717) is 13.0 Å². The van der Waals surface area contributed by atoms with Crippen LogP contribution in [0.25, 0.3) is 0 Å². The van der Waals surface area contributed by atoms with Crippen molar-refractivity contribution in [2.24, 2.45) is 5.92 Å². The van der Waals surface area contributed by atoms with Gasteiger partial charge in [0.2, 0.25) is 0 Å². The quantitative estimate of drug-likeness (QED) is 0.597. The van der Waals surface area contributed by atoms with Crippen LogP contribution >= 0.6 is 11.6 Å². The molecular weight excluding hydrogens is 284 g/mol. The van der Waals surface area contributed by atoms with Crippen molar-refractivity contribution in [1.29, 1.82) is 0 Å². The maximum atomic E-state index is 11.9. The van der Waals surface area contributed by atoms with Gasteiger partial charge in [-0.25, -0.2) is 0 Å². The van der Waals surface area contributed by atoms with Crippen molar-refractivity contribution in [3.05, 3.63) is 38.9 Å². The Morgan fingerprint density at radius 2 is 2.20 bits per heavy atom. The Kier molecular flexibility index (Phi) is 6.41. The summed E-state index contributed by atoms with van der Waals surface area (Å²) in [7, 11) is 0. The number of nitrogens with one attached hydrogen (secondary N) is 1. The van der Waals surface area contributed by atoms with Crippen LogP contribution in [0.3, 0.4) is 0 Å². The van der Waals surface area contributed by atoms with Crippen molar-refractivity contribution >= 4 is 23.2 Å². The first-order valence-corrected chi connectivity index (χ1v) is 6.69. The second-order valence-electron chi connectivity index (χ2n) is 4.45. The second-order valence-corrected chi connectivity index (χ2v) is 4.89. The van der Waals surface area contributed by atoms with Crippen LogP contribution in [0.1, 0.15) is 30.1 Å². The van der Waals surface area contributed by atoms with E-state index in [4.69, 9.17) is 16.7 Å². The molecule has 0 bridgehead atoms. The maximum absolute atomic E-state index is 11.9. The molecule has 1 amide bonds. The van der Waals surface area contributed by atoms with Gasteiger partial charge in [-0.1, -0.05) is 24.9 Å². The summed E-state index contributed by atoms with van der Waals surface area (Å²) < 4.78 is 0. The van der Waals surface area contributed by atoms with Crippen molar-refractivity contribution in [2.45, 2.75) is 19.8 Å². The molecule has 0 spiro atoms. The zero-order chi connectivity index (χ0) is 15.1. The Balaban J connectivity index is 2.74. The Morgan fingerprint density at radius 3 is 2.75 bits per heavy atom. The molecule has 20 heavy (non-hydrogen) atoms. The van der Waals surface area contributed by atoms with Crippen LogP contribution in [0.4, 0.5) is 5.69 Å². The molecule has 110 valence electrons. The van der Waals surface area contributed by atoms with Crippen LogP contribution in [0, 0.1) is 16.0 Å². The molecule has 0 aliphatic carbocycles. The largest absolute Gasteiger partial charge is 0.396 e. The van der Waals surface area contributed by atoms with E-state index in [0.717, 1.165) is 6.42 Å². The maximum Gasteiger partial charge on any atom is 0.271 e. The van der Waals surface area contributed by atoms with Crippen LogP contribution in [0.5, 0.6) is 0 Å². The summed E-state index contributed by atoms with van der Waals surface area (Å²) in [5, 5.41) is 22.4. The predicted octanol–water partition coefficient (Wildman–Crippen LogP) is 2.39. The fraction of sp³-hybridized carbons (Fsp3) is 0.462. The lowest BCUT2D eigenvalue weighted by Gasteiger charge is -2.14. The summed E-state index contributed by atoms with van der Waals surface area (Å²) in [4.78, 5) is 22.1. The molecule has 7 heteroatoms. The molecule has 0 aromatic heterocycles. The minimum atomic E-state index is -0.594. The van der Waals surface area contributed by atoms with Gasteiger partial charge in [0.15, 0.2) is 0 Å². The van der Waals surface area contributed by atoms with Gasteiger partial charge in [0.05, 0.1) is 4.92 Å². The average molecular weight is 301 g/mol. The number of nitro benzene ring substituents is 1. The summed E-state index contributed by atoms with van der Waals surface area (Å²) in [6.07, 6.45) is 1.43. The highest BCUT2D eigenvalue weighted by Crippen LogP contribution is 2.21. The van der Waals surface area contributed by atoms with Crippen LogP contribution in [0.2, 0.25) is 5.02 Å². The summed E-state index contributed by atoms with van der Waals surface area (Å²) in [5.41, 5.74) is -0.0619. The van der Waals surface area contributed by atoms with E-state index in [2.05, 4.69) is 5.32 Å². The predicted molar refractivity (Wildman–Crippen MR) is 75.9 cm³/mol. The number of aliphatic hydroxyl groups is 1. The van der Waals surface area contributed by atoms with Gasteiger partial charge in [-0.3, -0.25) is 14.9 Å². The lowest BCUT2D eigenvalue weighted by molar-refractivity contribution is -0.384. The number of carbonyl (C=O) groups is 1. The van der Waals surface area contributed by atoms with E-state index < -0.39 is 10.8 Å². The molecular formula is C13H17ClN2O4. The van der Waals surface area contributed by atoms with Gasteiger partial charge in [-0.15, -0.1) is 0 Å². The van der Waals surface area contributed by atoms with Gasteiger partial charge >= 0.3 is 0 Å². The molecule has 1 atom stereocenters. The van der Waals surface area contributed by atoms with Crippen LogP contribution in [0.15, 0.2) is 18.2 Å². The van der Waals surface area contributed by atoms with E-state index in [9.17, 15) is 14.9 Å². The summed E-state index contributed by atoms with van der Waals surface area (Å²) in [6, 6.07) is 3.77. The molecule has 0 aliphatic rings. The van der Waals surface area contributed by atoms with Gasteiger partial charge < -0.3 is 10.4 Å². The number of rotatable bonds is 7. The lowest BCUT2D eigenvalue weighted by atomic mass is 10.0. The smallest absolute Gasteiger partial charge is 0.271 e. The van der Waals surface area contributed by atoms with Gasteiger partial charge in [0.1, 0.15) is 0 Å². The number of aliphatic hydroxyl groups excluding tert-OH is 1. The Morgan fingerprint density at radius 1 is 1.50 bits per heavy atom. The Bertz CT molecular complexity index is 493. The Hall–Kier alpha value is -1.66. The zero-order valence-corrected chi connectivity index (χ0v) is 11.9. The normalized spacial score (nSPS) is 11.9. The van der Waals surface area contributed by atoms with Gasteiger partial charge in [-0.2, -0.15) is 0 Å². The number of non-ortho nitro benzene ring substituents is 1. The molecule has 0 fully saturated rings. The van der Waals surface area contributed by atoms with Crippen molar-refractivity contribution in [3.63, 3.8) is 0 Å². The number of nitro groups is 1. The summed E-state index contributed by atoms with van der Waals surface area (Å²) in [5.74, 6) is -0.231. The number of halogens is 1. The SMILES string of the molecule is CCC(CCO)CNC(=O)c1cc(Cl)cc([N+](=O)[O-])c1. The number of nitrogens with zero attached hydrogens (tertiary/aromatic N) is 1. The van der Waals surface area contributed by atoms with Crippen molar-refractivity contribution in [3.8, 4) is 0 Å². The third-order valence-electron chi connectivity index (χ3n) is 3.02. The molecule has 2 N–H and O–H groups in total. The third-order valence-corrected chi connectivity index (χ3v) is 3.24. The summed E-state index contributed by atoms with van der Waals surface area (Å²) >= 11 is 5.76.